The molecule has 0 unspecified atom stereocenters. The highest BCUT2D eigenvalue weighted by molar-refractivity contribution is 7.16. The van der Waals surface area contributed by atoms with E-state index in [4.69, 9.17) is 0 Å². The van der Waals surface area contributed by atoms with Gasteiger partial charge in [-0.1, -0.05) is 11.3 Å². The predicted molar refractivity (Wildman–Crippen MR) is 75.8 cm³/mol. The van der Waals surface area contributed by atoms with Crippen LogP contribution in [0.15, 0.2) is 23.0 Å². The molecule has 0 fully saturated rings. The second-order valence-corrected chi connectivity index (χ2v) is 5.09. The summed E-state index contributed by atoms with van der Waals surface area (Å²) >= 11 is 0.682. The Labute approximate surface area is 126 Å². The standard InChI is InChI=1S/C12H10N2O7S/c1-20-10(15)9(11(16)21-2)13-7-4-3-6(14(18)19)5-8(7)22-12(13)17/h3-5,9H,1-2H3. The third-order valence-electron chi connectivity index (χ3n) is 2.91. The highest BCUT2D eigenvalue weighted by Crippen LogP contribution is 2.26. The number of ether oxygens (including phenoxy) is 2. The summed E-state index contributed by atoms with van der Waals surface area (Å²) in [6.07, 6.45) is 0. The van der Waals surface area contributed by atoms with E-state index in [9.17, 15) is 24.5 Å². The lowest BCUT2D eigenvalue weighted by molar-refractivity contribution is -0.384. The van der Waals surface area contributed by atoms with Gasteiger partial charge in [-0.15, -0.1) is 0 Å². The molecule has 0 N–H and O–H groups in total. The zero-order valence-electron chi connectivity index (χ0n) is 11.5. The van der Waals surface area contributed by atoms with E-state index < -0.39 is 27.8 Å². The predicted octanol–water partition coefficient (Wildman–Crippen LogP) is 0.858. The molecule has 0 radical (unpaired) electrons. The van der Waals surface area contributed by atoms with Crippen molar-refractivity contribution in [1.82, 2.24) is 4.57 Å². The fourth-order valence-electron chi connectivity index (χ4n) is 1.91. The van der Waals surface area contributed by atoms with Gasteiger partial charge in [0, 0.05) is 12.1 Å². The Bertz CT molecular complexity index is 806. The molecule has 0 spiro atoms. The van der Waals surface area contributed by atoms with Gasteiger partial charge < -0.3 is 9.47 Å². The number of hydrogen-bond acceptors (Lipinski definition) is 8. The van der Waals surface area contributed by atoms with Crippen LogP contribution < -0.4 is 4.87 Å². The molecule has 0 bridgehead atoms. The fourth-order valence-corrected chi connectivity index (χ4v) is 2.85. The summed E-state index contributed by atoms with van der Waals surface area (Å²) in [6, 6.07) is 2.07. The Morgan fingerprint density at radius 2 is 1.86 bits per heavy atom. The topological polar surface area (TPSA) is 118 Å². The normalized spacial score (nSPS) is 10.7. The summed E-state index contributed by atoms with van der Waals surface area (Å²) in [6.45, 7) is 0. The quantitative estimate of drug-likeness (QED) is 0.354. The van der Waals surface area contributed by atoms with Gasteiger partial charge in [0.25, 0.3) is 5.69 Å². The van der Waals surface area contributed by atoms with E-state index in [1.165, 1.54) is 18.2 Å². The molecular formula is C12H10N2O7S. The van der Waals surface area contributed by atoms with Gasteiger partial charge in [0.2, 0.25) is 6.04 Å². The number of hydrogen-bond donors (Lipinski definition) is 0. The van der Waals surface area contributed by atoms with E-state index in [0.717, 1.165) is 18.8 Å². The summed E-state index contributed by atoms with van der Waals surface area (Å²) in [5.74, 6) is -1.93. The Hall–Kier alpha value is -2.75. The zero-order valence-corrected chi connectivity index (χ0v) is 12.3. The van der Waals surface area contributed by atoms with Crippen molar-refractivity contribution in [2.75, 3.05) is 14.2 Å². The molecule has 22 heavy (non-hydrogen) atoms. The SMILES string of the molecule is COC(=O)C(C(=O)OC)n1c(=O)sc2cc([N+](=O)[O-])ccc21. The number of benzene rings is 1. The number of nitrogens with zero attached hydrogens (tertiary/aromatic N) is 2. The number of aromatic nitrogens is 1. The second kappa shape index (κ2) is 5.93. The number of nitro groups is 1. The number of non-ortho nitro benzene ring substituents is 1. The molecule has 116 valence electrons. The summed E-state index contributed by atoms with van der Waals surface area (Å²) in [4.78, 5) is 45.2. The van der Waals surface area contributed by atoms with E-state index in [-0.39, 0.29) is 15.9 Å². The van der Waals surface area contributed by atoms with Gasteiger partial charge in [-0.05, 0) is 6.07 Å². The summed E-state index contributed by atoms with van der Waals surface area (Å²) < 4.78 is 10.2. The first-order valence-electron chi connectivity index (χ1n) is 5.85. The van der Waals surface area contributed by atoms with Gasteiger partial charge in [-0.25, -0.2) is 9.59 Å². The summed E-state index contributed by atoms with van der Waals surface area (Å²) in [5.41, 5.74) is 0.00925. The van der Waals surface area contributed by atoms with E-state index in [0.29, 0.717) is 11.3 Å². The molecule has 1 heterocycles. The minimum absolute atomic E-state index is 0.200. The van der Waals surface area contributed by atoms with Gasteiger partial charge in [-0.2, -0.15) is 0 Å². The molecule has 0 saturated carbocycles. The number of carbonyl (C=O) groups is 2. The first-order valence-corrected chi connectivity index (χ1v) is 6.67. The largest absolute Gasteiger partial charge is 0.467 e. The number of fused-ring (bicyclic) bond motifs is 1. The number of esters is 2. The molecule has 0 atom stereocenters. The van der Waals surface area contributed by atoms with Crippen LogP contribution in [-0.4, -0.2) is 35.6 Å². The van der Waals surface area contributed by atoms with Crippen LogP contribution in [0.25, 0.3) is 10.2 Å². The molecule has 0 amide bonds. The lowest BCUT2D eigenvalue weighted by Crippen LogP contribution is -2.34. The molecular weight excluding hydrogens is 316 g/mol. The minimum atomic E-state index is -1.60. The lowest BCUT2D eigenvalue weighted by Gasteiger charge is -2.13. The van der Waals surface area contributed by atoms with Crippen molar-refractivity contribution in [3.63, 3.8) is 0 Å². The van der Waals surface area contributed by atoms with E-state index in [2.05, 4.69) is 9.47 Å². The van der Waals surface area contributed by atoms with Crippen molar-refractivity contribution in [2.45, 2.75) is 6.04 Å². The molecule has 2 rings (SSSR count). The maximum Gasteiger partial charge on any atom is 0.340 e. The third kappa shape index (κ3) is 2.55. The van der Waals surface area contributed by atoms with Crippen LogP contribution in [0.3, 0.4) is 0 Å². The maximum absolute atomic E-state index is 12.1. The summed E-state index contributed by atoms with van der Waals surface area (Å²) in [7, 11) is 2.14. The maximum atomic E-state index is 12.1. The van der Waals surface area contributed by atoms with Gasteiger partial charge in [0.05, 0.1) is 29.4 Å². The first kappa shape index (κ1) is 15.6. The van der Waals surface area contributed by atoms with Crippen LogP contribution in [-0.2, 0) is 19.1 Å². The first-order chi connectivity index (χ1) is 10.4. The van der Waals surface area contributed by atoms with Gasteiger partial charge in [0.1, 0.15) is 0 Å². The number of nitro benzene ring substituents is 1. The van der Waals surface area contributed by atoms with Crippen molar-refractivity contribution in [3.05, 3.63) is 38.0 Å². The van der Waals surface area contributed by atoms with Crippen LogP contribution in [0.2, 0.25) is 0 Å². The molecule has 2 aromatic rings. The van der Waals surface area contributed by atoms with Crippen LogP contribution in [0, 0.1) is 10.1 Å². The number of methoxy groups -OCH3 is 2. The molecule has 0 saturated heterocycles. The monoisotopic (exact) mass is 326 g/mol. The highest BCUT2D eigenvalue weighted by atomic mass is 32.1. The van der Waals surface area contributed by atoms with Crippen molar-refractivity contribution in [2.24, 2.45) is 0 Å². The van der Waals surface area contributed by atoms with Crippen molar-refractivity contribution < 1.29 is 24.0 Å². The van der Waals surface area contributed by atoms with Gasteiger partial charge >= 0.3 is 16.8 Å². The summed E-state index contributed by atoms with van der Waals surface area (Å²) in [5, 5.41) is 10.8. The van der Waals surface area contributed by atoms with Gasteiger partial charge in [-0.3, -0.25) is 19.5 Å². The molecule has 9 nitrogen and oxygen atoms in total. The lowest BCUT2D eigenvalue weighted by atomic mass is 10.2. The Morgan fingerprint density at radius 1 is 1.27 bits per heavy atom. The Kier molecular flexibility index (Phi) is 4.22. The molecule has 1 aromatic heterocycles. The van der Waals surface area contributed by atoms with Crippen molar-refractivity contribution in [3.8, 4) is 0 Å². The molecule has 0 aliphatic carbocycles. The average molecular weight is 326 g/mol. The fraction of sp³-hybridized carbons (Fsp3) is 0.250. The zero-order chi connectivity index (χ0) is 16.4. The van der Waals surface area contributed by atoms with Gasteiger partial charge in [0.15, 0.2) is 0 Å². The third-order valence-corrected chi connectivity index (χ3v) is 3.83. The minimum Gasteiger partial charge on any atom is -0.467 e. The van der Waals surface area contributed by atoms with Crippen LogP contribution in [0.1, 0.15) is 6.04 Å². The average Bonchev–Trinajstić information content (AvgIpc) is 2.82. The van der Waals surface area contributed by atoms with Crippen LogP contribution >= 0.6 is 11.3 Å². The Morgan fingerprint density at radius 3 is 2.36 bits per heavy atom. The van der Waals surface area contributed by atoms with E-state index >= 15 is 0 Å². The van der Waals surface area contributed by atoms with Crippen molar-refractivity contribution >= 4 is 39.2 Å². The molecule has 10 heteroatoms. The number of rotatable bonds is 4. The van der Waals surface area contributed by atoms with E-state index in [1.54, 1.807) is 0 Å². The van der Waals surface area contributed by atoms with Crippen LogP contribution in [0.4, 0.5) is 5.69 Å². The smallest absolute Gasteiger partial charge is 0.340 e. The Balaban J connectivity index is 2.70. The number of carbonyl (C=O) groups excluding carboxylic acids is 2. The highest BCUT2D eigenvalue weighted by Gasteiger charge is 2.33. The second-order valence-electron chi connectivity index (χ2n) is 4.10. The number of thiazole rings is 1. The van der Waals surface area contributed by atoms with Crippen molar-refractivity contribution in [1.29, 1.82) is 0 Å². The molecule has 0 aliphatic heterocycles. The molecule has 1 aromatic carbocycles. The molecule has 0 aliphatic rings. The van der Waals surface area contributed by atoms with E-state index in [1.807, 2.05) is 0 Å². The van der Waals surface area contributed by atoms with Crippen LogP contribution in [0.5, 0.6) is 0 Å².